The van der Waals surface area contributed by atoms with Crippen molar-refractivity contribution < 1.29 is 9.84 Å². The highest BCUT2D eigenvalue weighted by molar-refractivity contribution is 5.38. The maximum Gasteiger partial charge on any atom is 0.131 e. The summed E-state index contributed by atoms with van der Waals surface area (Å²) in [6.45, 7) is 0.620. The van der Waals surface area contributed by atoms with Crippen molar-refractivity contribution in [3.8, 4) is 11.5 Å². The highest BCUT2D eigenvalue weighted by Crippen LogP contribution is 2.25. The molecular weight excluding hydrogens is 226 g/mol. The van der Waals surface area contributed by atoms with Gasteiger partial charge in [0.2, 0.25) is 0 Å². The van der Waals surface area contributed by atoms with Gasteiger partial charge < -0.3 is 15.6 Å². The molecule has 3 N–H and O–H groups in total. The lowest BCUT2D eigenvalue weighted by molar-refractivity contribution is 0.299. The predicted molar refractivity (Wildman–Crippen MR) is 71.6 cm³/mol. The van der Waals surface area contributed by atoms with Gasteiger partial charge in [0.1, 0.15) is 11.5 Å². The molecule has 0 radical (unpaired) electrons. The fourth-order valence-corrected chi connectivity index (χ4v) is 1.75. The van der Waals surface area contributed by atoms with Gasteiger partial charge in [-0.3, -0.25) is 0 Å². The van der Waals surface area contributed by atoms with Gasteiger partial charge in [0.05, 0.1) is 0 Å². The second-order valence-electron chi connectivity index (χ2n) is 4.03. The van der Waals surface area contributed by atoms with Crippen LogP contribution in [0.5, 0.6) is 11.5 Å². The first-order valence-corrected chi connectivity index (χ1v) is 5.99. The number of aliphatic hydroxyl groups excluding tert-OH is 1. The molecule has 0 bridgehead atoms. The smallest absolute Gasteiger partial charge is 0.131 e. The Balaban J connectivity index is 2.13. The zero-order valence-corrected chi connectivity index (χ0v) is 10.2. The quantitative estimate of drug-likeness (QED) is 0.848. The van der Waals surface area contributed by atoms with E-state index in [1.165, 1.54) is 0 Å². The van der Waals surface area contributed by atoms with Crippen molar-refractivity contribution in [3.63, 3.8) is 0 Å². The van der Waals surface area contributed by atoms with Gasteiger partial charge in [0.15, 0.2) is 0 Å². The number of aliphatic hydroxyl groups is 1. The summed E-state index contributed by atoms with van der Waals surface area (Å²) in [6, 6.07) is 15.4. The third-order valence-corrected chi connectivity index (χ3v) is 2.74. The Bertz CT molecular complexity index is 494. The van der Waals surface area contributed by atoms with Crippen LogP contribution in [0.15, 0.2) is 48.5 Å². The number of rotatable bonds is 5. The van der Waals surface area contributed by atoms with Crippen LogP contribution in [0.25, 0.3) is 0 Å². The first-order valence-electron chi connectivity index (χ1n) is 5.99. The van der Waals surface area contributed by atoms with Crippen LogP contribution >= 0.6 is 0 Å². The lowest BCUT2D eigenvalue weighted by Gasteiger charge is -2.10. The molecule has 0 atom stereocenters. The van der Waals surface area contributed by atoms with E-state index in [1.54, 1.807) is 0 Å². The second kappa shape index (κ2) is 6.19. The molecule has 0 spiro atoms. The molecular formula is C15H17NO2. The zero-order chi connectivity index (χ0) is 12.8. The van der Waals surface area contributed by atoms with E-state index in [2.05, 4.69) is 0 Å². The van der Waals surface area contributed by atoms with Gasteiger partial charge in [-0.05, 0) is 30.2 Å². The molecule has 0 amide bonds. The van der Waals surface area contributed by atoms with E-state index in [4.69, 9.17) is 15.6 Å². The topological polar surface area (TPSA) is 55.5 Å². The molecule has 3 heteroatoms. The predicted octanol–water partition coefficient (Wildman–Crippen LogP) is 2.47. The molecule has 0 fully saturated rings. The molecule has 0 aliphatic carbocycles. The molecule has 0 aromatic heterocycles. The number of benzene rings is 2. The Labute approximate surface area is 107 Å². The highest BCUT2D eigenvalue weighted by Gasteiger charge is 2.02. The number of hydrogen-bond acceptors (Lipinski definition) is 3. The van der Waals surface area contributed by atoms with Gasteiger partial charge in [-0.2, -0.15) is 0 Å². The molecule has 0 heterocycles. The van der Waals surface area contributed by atoms with Crippen molar-refractivity contribution in [2.45, 2.75) is 13.0 Å². The van der Waals surface area contributed by atoms with Gasteiger partial charge in [0.25, 0.3) is 0 Å². The summed E-state index contributed by atoms with van der Waals surface area (Å²) in [5.41, 5.74) is 7.74. The van der Waals surface area contributed by atoms with Crippen LogP contribution in [0.2, 0.25) is 0 Å². The maximum absolute atomic E-state index is 8.85. The minimum Gasteiger partial charge on any atom is -0.457 e. The Morgan fingerprint density at radius 3 is 2.39 bits per heavy atom. The van der Waals surface area contributed by atoms with E-state index in [9.17, 15) is 0 Å². The lowest BCUT2D eigenvalue weighted by Crippen LogP contribution is -1.99. The summed E-state index contributed by atoms with van der Waals surface area (Å²) in [6.07, 6.45) is 0.666. The molecule has 94 valence electrons. The first-order chi connectivity index (χ1) is 8.83. The third-order valence-electron chi connectivity index (χ3n) is 2.74. The summed E-state index contributed by atoms with van der Waals surface area (Å²) >= 11 is 0. The molecule has 3 nitrogen and oxygen atoms in total. The molecule has 0 unspecified atom stereocenters. The van der Waals surface area contributed by atoms with Crippen molar-refractivity contribution in [1.29, 1.82) is 0 Å². The van der Waals surface area contributed by atoms with E-state index in [1.807, 2.05) is 48.5 Å². The molecule has 18 heavy (non-hydrogen) atoms. The van der Waals surface area contributed by atoms with Crippen LogP contribution in [0, 0.1) is 0 Å². The molecule has 0 saturated heterocycles. The molecule has 0 aliphatic rings. The standard InChI is InChI=1S/C15H17NO2/c16-11-13-3-1-2-4-15(13)18-14-7-5-12(6-8-14)9-10-17/h1-8,17H,9-11,16H2. The van der Waals surface area contributed by atoms with Gasteiger partial charge in [-0.25, -0.2) is 0 Å². The largest absolute Gasteiger partial charge is 0.457 e. The average Bonchev–Trinajstić information content (AvgIpc) is 2.42. The third kappa shape index (κ3) is 3.09. The Kier molecular flexibility index (Phi) is 4.34. The van der Waals surface area contributed by atoms with Crippen LogP contribution in [-0.2, 0) is 13.0 Å². The van der Waals surface area contributed by atoms with Gasteiger partial charge in [0, 0.05) is 18.7 Å². The Morgan fingerprint density at radius 2 is 1.72 bits per heavy atom. The Morgan fingerprint density at radius 1 is 1.00 bits per heavy atom. The monoisotopic (exact) mass is 243 g/mol. The summed E-state index contributed by atoms with van der Waals surface area (Å²) in [4.78, 5) is 0. The van der Waals surface area contributed by atoms with Gasteiger partial charge >= 0.3 is 0 Å². The van der Waals surface area contributed by atoms with Crippen LogP contribution < -0.4 is 10.5 Å². The first kappa shape index (κ1) is 12.6. The fraction of sp³-hybridized carbons (Fsp3) is 0.200. The molecule has 2 aromatic carbocycles. The summed E-state index contributed by atoms with van der Waals surface area (Å²) in [5.74, 6) is 1.56. The van der Waals surface area contributed by atoms with E-state index in [-0.39, 0.29) is 6.61 Å². The maximum atomic E-state index is 8.85. The molecule has 2 rings (SSSR count). The summed E-state index contributed by atoms with van der Waals surface area (Å²) < 4.78 is 5.79. The molecule has 0 saturated carbocycles. The molecule has 0 aliphatic heterocycles. The number of para-hydroxylation sites is 1. The van der Waals surface area contributed by atoms with Crippen LogP contribution in [-0.4, -0.2) is 11.7 Å². The van der Waals surface area contributed by atoms with Crippen molar-refractivity contribution in [2.75, 3.05) is 6.61 Å². The van der Waals surface area contributed by atoms with E-state index < -0.39 is 0 Å². The van der Waals surface area contributed by atoms with E-state index in [0.717, 1.165) is 22.6 Å². The Hall–Kier alpha value is -1.84. The number of nitrogens with two attached hydrogens (primary N) is 1. The summed E-state index contributed by atoms with van der Waals surface area (Å²) in [7, 11) is 0. The molecule has 2 aromatic rings. The number of ether oxygens (including phenoxy) is 1. The normalized spacial score (nSPS) is 10.3. The zero-order valence-electron chi connectivity index (χ0n) is 10.2. The van der Waals surface area contributed by atoms with Crippen molar-refractivity contribution in [2.24, 2.45) is 5.73 Å². The minimum atomic E-state index is 0.163. The van der Waals surface area contributed by atoms with Crippen LogP contribution in [0.3, 0.4) is 0 Å². The van der Waals surface area contributed by atoms with Crippen molar-refractivity contribution in [1.82, 2.24) is 0 Å². The van der Waals surface area contributed by atoms with Crippen LogP contribution in [0.1, 0.15) is 11.1 Å². The highest BCUT2D eigenvalue weighted by atomic mass is 16.5. The fourth-order valence-electron chi connectivity index (χ4n) is 1.75. The minimum absolute atomic E-state index is 0.163. The summed E-state index contributed by atoms with van der Waals surface area (Å²) in [5, 5.41) is 8.85. The SMILES string of the molecule is NCc1ccccc1Oc1ccc(CCO)cc1. The van der Waals surface area contributed by atoms with Crippen molar-refractivity contribution in [3.05, 3.63) is 59.7 Å². The van der Waals surface area contributed by atoms with Gasteiger partial charge in [-0.15, -0.1) is 0 Å². The van der Waals surface area contributed by atoms with Gasteiger partial charge in [-0.1, -0.05) is 30.3 Å². The van der Waals surface area contributed by atoms with Crippen molar-refractivity contribution >= 4 is 0 Å². The second-order valence-corrected chi connectivity index (χ2v) is 4.03. The average molecular weight is 243 g/mol. The van der Waals surface area contributed by atoms with E-state index >= 15 is 0 Å². The number of hydrogen-bond donors (Lipinski definition) is 2. The van der Waals surface area contributed by atoms with E-state index in [0.29, 0.717) is 13.0 Å². The van der Waals surface area contributed by atoms with Crippen LogP contribution in [0.4, 0.5) is 0 Å². The lowest BCUT2D eigenvalue weighted by atomic mass is 10.1.